The second kappa shape index (κ2) is 13.2. The Balaban J connectivity index is 2.38. The molecule has 1 aromatic carbocycles. The zero-order chi connectivity index (χ0) is 26.8. The number of hydrogen-bond acceptors (Lipinski definition) is 12. The van der Waals surface area contributed by atoms with Crippen molar-refractivity contribution in [2.45, 2.75) is 58.4 Å². The van der Waals surface area contributed by atoms with Crippen LogP contribution in [0.3, 0.4) is 0 Å². The summed E-state index contributed by atoms with van der Waals surface area (Å²) in [5.41, 5.74) is 0.661. The van der Waals surface area contributed by atoms with E-state index >= 15 is 0 Å². The first kappa shape index (κ1) is 28.3. The quantitative estimate of drug-likeness (QED) is 0.269. The van der Waals surface area contributed by atoms with Gasteiger partial charge in [-0.15, -0.1) is 0 Å². The summed E-state index contributed by atoms with van der Waals surface area (Å²) in [6.45, 7) is 4.21. The second-order valence-electron chi connectivity index (χ2n) is 7.61. The van der Waals surface area contributed by atoms with E-state index in [2.05, 4.69) is 4.74 Å². The van der Waals surface area contributed by atoms with Gasteiger partial charge in [0, 0.05) is 33.8 Å². The number of carbonyl (C=O) groups is 5. The molecule has 12 heteroatoms. The monoisotopic (exact) mass is 508 g/mol. The Kier molecular flexibility index (Phi) is 10.4. The largest absolute Gasteiger partial charge is 0.466 e. The molecule has 1 saturated heterocycles. The number of carbonyl (C=O) groups excluding carboxylic acids is 5. The minimum atomic E-state index is -1.35. The van der Waals surface area contributed by atoms with Crippen molar-refractivity contribution in [3.63, 3.8) is 0 Å². The number of rotatable bonds is 9. The molecule has 1 heterocycles. The minimum Gasteiger partial charge on any atom is -0.466 e. The van der Waals surface area contributed by atoms with Crippen molar-refractivity contribution in [2.24, 2.45) is 0 Å². The molecule has 5 atom stereocenters. The van der Waals surface area contributed by atoms with Gasteiger partial charge in [-0.05, 0) is 23.8 Å². The molecule has 1 fully saturated rings. The zero-order valence-electron chi connectivity index (χ0n) is 20.5. The van der Waals surface area contributed by atoms with Gasteiger partial charge in [-0.25, -0.2) is 4.79 Å². The van der Waals surface area contributed by atoms with Gasteiger partial charge in [-0.1, -0.05) is 12.1 Å². The van der Waals surface area contributed by atoms with E-state index in [9.17, 15) is 24.0 Å². The highest BCUT2D eigenvalue weighted by molar-refractivity contribution is 5.86. The molecule has 1 aliphatic heterocycles. The number of hydrogen-bond donors (Lipinski definition) is 0. The molecule has 12 nitrogen and oxygen atoms in total. The Morgan fingerprint density at radius 1 is 0.806 bits per heavy atom. The first-order valence-corrected chi connectivity index (χ1v) is 10.8. The standard InChI is InChI=1S/C24H28O12/c1-13(25)31-12-19-21(32-14(2)26)22(33-15(3)27)23(34-16(4)28)24(36-19)35-18-9-6-17(7-10-18)8-11-20(29)30-5/h6-11,19,21-24H,12H2,1-5H3/b11-8+/t19-,21+,22+,23-,24-/m1/s1. The molecule has 0 N–H and O–H groups in total. The third-order valence-corrected chi connectivity index (χ3v) is 4.69. The minimum absolute atomic E-state index is 0.270. The van der Waals surface area contributed by atoms with Crippen LogP contribution in [-0.2, 0) is 52.4 Å². The van der Waals surface area contributed by atoms with Crippen molar-refractivity contribution in [2.75, 3.05) is 13.7 Å². The Bertz CT molecular complexity index is 983. The molecule has 1 aromatic rings. The van der Waals surface area contributed by atoms with E-state index in [1.165, 1.54) is 26.2 Å². The summed E-state index contributed by atoms with van der Waals surface area (Å²) in [4.78, 5) is 58.2. The first-order valence-electron chi connectivity index (χ1n) is 10.8. The van der Waals surface area contributed by atoms with Gasteiger partial charge in [0.15, 0.2) is 12.2 Å². The van der Waals surface area contributed by atoms with Crippen LogP contribution in [0.2, 0.25) is 0 Å². The average molecular weight is 508 g/mol. The lowest BCUT2D eigenvalue weighted by Crippen LogP contribution is -2.63. The van der Waals surface area contributed by atoms with Gasteiger partial charge in [0.1, 0.15) is 18.5 Å². The van der Waals surface area contributed by atoms with Crippen LogP contribution in [0.25, 0.3) is 6.08 Å². The Morgan fingerprint density at radius 3 is 1.89 bits per heavy atom. The second-order valence-corrected chi connectivity index (χ2v) is 7.61. The lowest BCUT2D eigenvalue weighted by atomic mass is 9.98. The summed E-state index contributed by atoms with van der Waals surface area (Å²) in [7, 11) is 1.26. The molecule has 0 spiro atoms. The predicted molar refractivity (Wildman–Crippen MR) is 120 cm³/mol. The third-order valence-electron chi connectivity index (χ3n) is 4.69. The predicted octanol–water partition coefficient (Wildman–Crippen LogP) is 1.33. The number of methoxy groups -OCH3 is 1. The van der Waals surface area contributed by atoms with Crippen LogP contribution >= 0.6 is 0 Å². The molecule has 36 heavy (non-hydrogen) atoms. The summed E-state index contributed by atoms with van der Waals surface area (Å²) in [6, 6.07) is 6.40. The summed E-state index contributed by atoms with van der Waals surface area (Å²) in [5.74, 6) is -3.09. The lowest BCUT2D eigenvalue weighted by molar-refractivity contribution is -0.288. The van der Waals surface area contributed by atoms with E-state index in [1.807, 2.05) is 0 Å². The summed E-state index contributed by atoms with van der Waals surface area (Å²) in [5, 5.41) is 0. The van der Waals surface area contributed by atoms with Crippen LogP contribution in [0.1, 0.15) is 33.3 Å². The summed E-state index contributed by atoms with van der Waals surface area (Å²) in [6.07, 6.45) is -3.65. The van der Waals surface area contributed by atoms with E-state index in [-0.39, 0.29) is 12.4 Å². The lowest BCUT2D eigenvalue weighted by Gasteiger charge is -2.43. The molecule has 2 rings (SSSR count). The Hall–Kier alpha value is -3.93. The molecule has 0 unspecified atom stereocenters. The number of benzene rings is 1. The highest BCUT2D eigenvalue weighted by Crippen LogP contribution is 2.31. The smallest absolute Gasteiger partial charge is 0.330 e. The average Bonchev–Trinajstić information content (AvgIpc) is 2.80. The molecule has 0 aliphatic carbocycles. The van der Waals surface area contributed by atoms with E-state index in [4.69, 9.17) is 28.4 Å². The van der Waals surface area contributed by atoms with E-state index in [1.54, 1.807) is 24.3 Å². The highest BCUT2D eigenvalue weighted by atomic mass is 16.7. The molecule has 196 valence electrons. The van der Waals surface area contributed by atoms with Crippen molar-refractivity contribution >= 4 is 35.9 Å². The maximum Gasteiger partial charge on any atom is 0.330 e. The van der Waals surface area contributed by atoms with Gasteiger partial charge < -0.3 is 33.2 Å². The van der Waals surface area contributed by atoms with Gasteiger partial charge >= 0.3 is 29.8 Å². The molecule has 0 bridgehead atoms. The van der Waals surface area contributed by atoms with Crippen molar-refractivity contribution < 1.29 is 57.1 Å². The topological polar surface area (TPSA) is 150 Å². The van der Waals surface area contributed by atoms with Crippen LogP contribution in [0.4, 0.5) is 0 Å². The maximum atomic E-state index is 11.9. The number of ether oxygens (including phenoxy) is 7. The molecule has 0 radical (unpaired) electrons. The Labute approximate surface area is 207 Å². The normalized spacial score (nSPS) is 23.3. The van der Waals surface area contributed by atoms with E-state index < -0.39 is 60.6 Å². The molecule has 1 aliphatic rings. The van der Waals surface area contributed by atoms with Gasteiger partial charge in [-0.2, -0.15) is 0 Å². The van der Waals surface area contributed by atoms with Crippen LogP contribution < -0.4 is 4.74 Å². The van der Waals surface area contributed by atoms with Gasteiger partial charge in [0.05, 0.1) is 7.11 Å². The zero-order valence-corrected chi connectivity index (χ0v) is 20.5. The molecule has 0 aromatic heterocycles. The van der Waals surface area contributed by atoms with Gasteiger partial charge in [0.2, 0.25) is 12.4 Å². The number of esters is 5. The fourth-order valence-electron chi connectivity index (χ4n) is 3.31. The first-order chi connectivity index (χ1) is 17.0. The van der Waals surface area contributed by atoms with Crippen molar-refractivity contribution in [1.82, 2.24) is 0 Å². The Morgan fingerprint density at radius 2 is 1.36 bits per heavy atom. The van der Waals surface area contributed by atoms with Crippen LogP contribution in [0, 0.1) is 0 Å². The van der Waals surface area contributed by atoms with Crippen molar-refractivity contribution in [3.05, 3.63) is 35.9 Å². The van der Waals surface area contributed by atoms with Crippen LogP contribution in [0.15, 0.2) is 30.3 Å². The fraction of sp³-hybridized carbons (Fsp3) is 0.458. The van der Waals surface area contributed by atoms with E-state index in [0.717, 1.165) is 20.8 Å². The van der Waals surface area contributed by atoms with Crippen LogP contribution in [-0.4, -0.2) is 74.3 Å². The fourth-order valence-corrected chi connectivity index (χ4v) is 3.31. The molecular formula is C24H28O12. The SMILES string of the molecule is COC(=O)/C=C/c1ccc(O[C@@H]2O[C@H](COC(C)=O)[C@H](OC(C)=O)[C@H](OC(C)=O)[C@H]2OC(C)=O)cc1. The van der Waals surface area contributed by atoms with Gasteiger partial charge in [-0.3, -0.25) is 19.2 Å². The van der Waals surface area contributed by atoms with E-state index in [0.29, 0.717) is 5.56 Å². The van der Waals surface area contributed by atoms with Crippen LogP contribution in [0.5, 0.6) is 5.75 Å². The van der Waals surface area contributed by atoms with Crippen molar-refractivity contribution in [3.8, 4) is 5.75 Å². The summed E-state index contributed by atoms with van der Waals surface area (Å²) < 4.78 is 37.4. The highest BCUT2D eigenvalue weighted by Gasteiger charge is 2.53. The summed E-state index contributed by atoms with van der Waals surface area (Å²) >= 11 is 0. The molecular weight excluding hydrogens is 480 g/mol. The van der Waals surface area contributed by atoms with Crippen molar-refractivity contribution in [1.29, 1.82) is 0 Å². The third kappa shape index (κ3) is 8.69. The van der Waals surface area contributed by atoms with Gasteiger partial charge in [0.25, 0.3) is 0 Å². The molecule has 0 saturated carbocycles. The maximum absolute atomic E-state index is 11.9. The molecule has 0 amide bonds.